The average molecular weight is 243 g/mol. The molecule has 0 amide bonds. The molecule has 0 radical (unpaired) electrons. The Bertz CT molecular complexity index is 379. The van der Waals surface area contributed by atoms with Crippen molar-refractivity contribution in [1.29, 1.82) is 0 Å². The van der Waals surface area contributed by atoms with Crippen molar-refractivity contribution in [2.75, 3.05) is 0 Å². The van der Waals surface area contributed by atoms with E-state index >= 15 is 0 Å². The van der Waals surface area contributed by atoms with Gasteiger partial charge in [0, 0.05) is 11.9 Å². The van der Waals surface area contributed by atoms with E-state index in [0.29, 0.717) is 12.3 Å². The van der Waals surface area contributed by atoms with Gasteiger partial charge >= 0.3 is 12.4 Å². The quantitative estimate of drug-likeness (QED) is 0.688. The molecule has 90 valence electrons. The standard InChI is InChI=1S/C9H7F6N/c1-5-2-7(9(13,14)15)6(4-16-5)3-8(10,11)12/h2,4H,3H2,1H3. The van der Waals surface area contributed by atoms with Crippen molar-refractivity contribution in [3.8, 4) is 0 Å². The molecule has 0 atom stereocenters. The maximum absolute atomic E-state index is 12.4. The summed E-state index contributed by atoms with van der Waals surface area (Å²) in [6.45, 7) is 1.28. The van der Waals surface area contributed by atoms with Gasteiger partial charge in [0.25, 0.3) is 0 Å². The van der Waals surface area contributed by atoms with Gasteiger partial charge in [0.15, 0.2) is 0 Å². The third-order valence-electron chi connectivity index (χ3n) is 1.82. The molecule has 16 heavy (non-hydrogen) atoms. The van der Waals surface area contributed by atoms with Crippen LogP contribution in [0.1, 0.15) is 16.8 Å². The second-order valence-corrected chi connectivity index (χ2v) is 3.27. The van der Waals surface area contributed by atoms with Crippen LogP contribution in [0.2, 0.25) is 0 Å². The van der Waals surface area contributed by atoms with Crippen molar-refractivity contribution < 1.29 is 26.3 Å². The summed E-state index contributed by atoms with van der Waals surface area (Å²) in [6.07, 6.45) is -10.5. The number of hydrogen-bond acceptors (Lipinski definition) is 1. The second-order valence-electron chi connectivity index (χ2n) is 3.27. The molecule has 0 aliphatic heterocycles. The fraction of sp³-hybridized carbons (Fsp3) is 0.444. The Hall–Kier alpha value is -1.27. The van der Waals surface area contributed by atoms with Crippen LogP contribution in [0.3, 0.4) is 0 Å². The molecule has 0 spiro atoms. The van der Waals surface area contributed by atoms with Gasteiger partial charge in [0.05, 0.1) is 12.0 Å². The minimum Gasteiger partial charge on any atom is -0.261 e. The summed E-state index contributed by atoms with van der Waals surface area (Å²) in [5.74, 6) is 0. The minimum atomic E-state index is -4.80. The average Bonchev–Trinajstić information content (AvgIpc) is 2.04. The Labute approximate surface area is 87.1 Å². The summed E-state index contributed by atoms with van der Waals surface area (Å²) < 4.78 is 73.3. The number of halogens is 6. The first-order chi connectivity index (χ1) is 7.09. The molecule has 1 heterocycles. The monoisotopic (exact) mass is 243 g/mol. The van der Waals surface area contributed by atoms with E-state index < -0.39 is 29.9 Å². The van der Waals surface area contributed by atoms with Gasteiger partial charge in [-0.15, -0.1) is 0 Å². The molecule has 1 nitrogen and oxygen atoms in total. The molecule has 0 saturated carbocycles. The van der Waals surface area contributed by atoms with Gasteiger partial charge in [-0.25, -0.2) is 0 Å². The predicted octanol–water partition coefficient (Wildman–Crippen LogP) is 3.51. The van der Waals surface area contributed by atoms with E-state index in [1.54, 1.807) is 0 Å². The number of alkyl halides is 6. The highest BCUT2D eigenvalue weighted by Gasteiger charge is 2.37. The summed E-state index contributed by atoms with van der Waals surface area (Å²) in [5, 5.41) is 0. The molecule has 0 unspecified atom stereocenters. The van der Waals surface area contributed by atoms with Crippen LogP contribution in [0.15, 0.2) is 12.3 Å². The van der Waals surface area contributed by atoms with Gasteiger partial charge < -0.3 is 0 Å². The topological polar surface area (TPSA) is 12.9 Å². The Morgan fingerprint density at radius 2 is 1.69 bits per heavy atom. The zero-order chi connectivity index (χ0) is 12.6. The van der Waals surface area contributed by atoms with E-state index in [9.17, 15) is 26.3 Å². The van der Waals surface area contributed by atoms with Crippen LogP contribution >= 0.6 is 0 Å². The lowest BCUT2D eigenvalue weighted by molar-refractivity contribution is -0.143. The molecule has 0 aliphatic rings. The van der Waals surface area contributed by atoms with Crippen LogP contribution in [0, 0.1) is 6.92 Å². The Balaban J connectivity index is 3.19. The fourth-order valence-electron chi connectivity index (χ4n) is 1.21. The lowest BCUT2D eigenvalue weighted by atomic mass is 10.1. The molecule has 0 bridgehead atoms. The first-order valence-corrected chi connectivity index (χ1v) is 4.19. The normalized spacial score (nSPS) is 12.9. The van der Waals surface area contributed by atoms with Crippen LogP contribution in [0.25, 0.3) is 0 Å². The summed E-state index contributed by atoms with van der Waals surface area (Å²) >= 11 is 0. The van der Waals surface area contributed by atoms with Crippen molar-refractivity contribution in [1.82, 2.24) is 4.98 Å². The maximum Gasteiger partial charge on any atom is 0.416 e. The number of nitrogens with zero attached hydrogens (tertiary/aromatic N) is 1. The summed E-state index contributed by atoms with van der Waals surface area (Å²) in [7, 11) is 0. The van der Waals surface area contributed by atoms with Crippen molar-refractivity contribution in [3.63, 3.8) is 0 Å². The highest BCUT2D eigenvalue weighted by molar-refractivity contribution is 5.29. The summed E-state index contributed by atoms with van der Waals surface area (Å²) in [4.78, 5) is 3.44. The van der Waals surface area contributed by atoms with Crippen molar-refractivity contribution in [3.05, 3.63) is 29.1 Å². The van der Waals surface area contributed by atoms with Gasteiger partial charge in [-0.3, -0.25) is 4.98 Å². The molecule has 0 fully saturated rings. The van der Waals surface area contributed by atoms with Crippen LogP contribution < -0.4 is 0 Å². The Morgan fingerprint density at radius 1 is 1.12 bits per heavy atom. The Morgan fingerprint density at radius 3 is 2.12 bits per heavy atom. The molecule has 1 rings (SSSR count). The van der Waals surface area contributed by atoms with Gasteiger partial charge in [-0.05, 0) is 18.6 Å². The molecule has 7 heteroatoms. The van der Waals surface area contributed by atoms with Crippen molar-refractivity contribution in [2.45, 2.75) is 25.7 Å². The van der Waals surface area contributed by atoms with Gasteiger partial charge in [0.2, 0.25) is 0 Å². The molecular formula is C9H7F6N. The SMILES string of the molecule is Cc1cc(C(F)(F)F)c(CC(F)(F)F)cn1. The van der Waals surface area contributed by atoms with E-state index in [-0.39, 0.29) is 5.69 Å². The third kappa shape index (κ3) is 3.39. The second kappa shape index (κ2) is 3.95. The first-order valence-electron chi connectivity index (χ1n) is 4.19. The highest BCUT2D eigenvalue weighted by Crippen LogP contribution is 2.34. The molecule has 0 saturated heterocycles. The molecular weight excluding hydrogens is 236 g/mol. The van der Waals surface area contributed by atoms with E-state index in [0.717, 1.165) is 0 Å². The lowest BCUT2D eigenvalue weighted by Gasteiger charge is -2.14. The molecule has 0 N–H and O–H groups in total. The maximum atomic E-state index is 12.4. The first kappa shape index (κ1) is 12.8. The number of rotatable bonds is 1. The highest BCUT2D eigenvalue weighted by atomic mass is 19.4. The zero-order valence-electron chi connectivity index (χ0n) is 8.08. The van der Waals surface area contributed by atoms with Crippen molar-refractivity contribution >= 4 is 0 Å². The van der Waals surface area contributed by atoms with E-state index in [1.807, 2.05) is 0 Å². The van der Waals surface area contributed by atoms with E-state index in [1.165, 1.54) is 6.92 Å². The van der Waals surface area contributed by atoms with Crippen LogP contribution in [0.4, 0.5) is 26.3 Å². The summed E-state index contributed by atoms with van der Waals surface area (Å²) in [5.41, 5.74) is -2.11. The zero-order valence-corrected chi connectivity index (χ0v) is 8.08. The lowest BCUT2D eigenvalue weighted by Crippen LogP contribution is -2.17. The fourth-order valence-corrected chi connectivity index (χ4v) is 1.21. The number of aryl methyl sites for hydroxylation is 1. The molecule has 1 aromatic rings. The van der Waals surface area contributed by atoms with Gasteiger partial charge in [-0.1, -0.05) is 0 Å². The van der Waals surface area contributed by atoms with Crippen LogP contribution in [-0.4, -0.2) is 11.2 Å². The summed E-state index contributed by atoms with van der Waals surface area (Å²) in [6, 6.07) is 0.612. The van der Waals surface area contributed by atoms with Gasteiger partial charge in [0.1, 0.15) is 0 Å². The largest absolute Gasteiger partial charge is 0.416 e. The minimum absolute atomic E-state index is 0.0262. The van der Waals surface area contributed by atoms with Crippen LogP contribution in [-0.2, 0) is 12.6 Å². The van der Waals surface area contributed by atoms with E-state index in [4.69, 9.17) is 0 Å². The number of pyridine rings is 1. The molecule has 1 aromatic heterocycles. The van der Waals surface area contributed by atoms with E-state index in [2.05, 4.69) is 4.98 Å². The van der Waals surface area contributed by atoms with Crippen molar-refractivity contribution in [2.24, 2.45) is 0 Å². The number of aromatic nitrogens is 1. The van der Waals surface area contributed by atoms with Crippen LogP contribution in [0.5, 0.6) is 0 Å². The number of hydrogen-bond donors (Lipinski definition) is 0. The molecule has 0 aromatic carbocycles. The Kier molecular flexibility index (Phi) is 3.16. The third-order valence-corrected chi connectivity index (χ3v) is 1.82. The smallest absolute Gasteiger partial charge is 0.261 e. The predicted molar refractivity (Wildman–Crippen MR) is 43.7 cm³/mol. The molecule has 0 aliphatic carbocycles. The van der Waals surface area contributed by atoms with Gasteiger partial charge in [-0.2, -0.15) is 26.3 Å².